The topological polar surface area (TPSA) is 58.6 Å². The maximum atomic E-state index is 12.4. The van der Waals surface area contributed by atoms with Crippen molar-refractivity contribution in [3.05, 3.63) is 54.1 Å². The van der Waals surface area contributed by atoms with Crippen LogP contribution in [-0.2, 0) is 16.0 Å². The summed E-state index contributed by atoms with van der Waals surface area (Å²) in [6.07, 6.45) is 2.28. The highest BCUT2D eigenvalue weighted by molar-refractivity contribution is 6.01. The number of anilines is 2. The summed E-state index contributed by atoms with van der Waals surface area (Å²) >= 11 is 0. The summed E-state index contributed by atoms with van der Waals surface area (Å²) in [6, 6.07) is 15.1. The Morgan fingerprint density at radius 1 is 1.12 bits per heavy atom. The Hall–Kier alpha value is -2.82. The van der Waals surface area contributed by atoms with Crippen LogP contribution in [0.2, 0.25) is 0 Å². The number of carbonyl (C=O) groups is 2. The minimum Gasteiger partial charge on any atom is -0.497 e. The van der Waals surface area contributed by atoms with Crippen molar-refractivity contribution in [1.29, 1.82) is 0 Å². The highest BCUT2D eigenvalue weighted by atomic mass is 16.5. The van der Waals surface area contributed by atoms with E-state index in [9.17, 15) is 9.59 Å². The van der Waals surface area contributed by atoms with Gasteiger partial charge in [-0.15, -0.1) is 0 Å². The zero-order valence-corrected chi connectivity index (χ0v) is 14.5. The maximum Gasteiger partial charge on any atom is 0.228 e. The molecule has 2 aromatic carbocycles. The molecule has 0 saturated heterocycles. The van der Waals surface area contributed by atoms with Gasteiger partial charge in [0.15, 0.2) is 0 Å². The summed E-state index contributed by atoms with van der Waals surface area (Å²) in [4.78, 5) is 26.2. The first-order chi connectivity index (χ1) is 12.1. The van der Waals surface area contributed by atoms with Crippen LogP contribution < -0.4 is 15.0 Å². The predicted molar refractivity (Wildman–Crippen MR) is 98.0 cm³/mol. The van der Waals surface area contributed by atoms with Crippen molar-refractivity contribution in [1.82, 2.24) is 0 Å². The minimum absolute atomic E-state index is 0.000599. The lowest BCUT2D eigenvalue weighted by atomic mass is 10.1. The van der Waals surface area contributed by atoms with E-state index in [1.807, 2.05) is 48.5 Å². The van der Waals surface area contributed by atoms with Crippen molar-refractivity contribution >= 4 is 23.2 Å². The number of rotatable bonds is 6. The average Bonchev–Trinajstić information content (AvgIpc) is 3.42. The number of hydrogen-bond donors (Lipinski definition) is 1. The van der Waals surface area contributed by atoms with Crippen LogP contribution in [0.15, 0.2) is 48.5 Å². The van der Waals surface area contributed by atoms with Gasteiger partial charge < -0.3 is 15.0 Å². The zero-order valence-electron chi connectivity index (χ0n) is 14.5. The van der Waals surface area contributed by atoms with E-state index in [2.05, 4.69) is 5.32 Å². The number of para-hydroxylation sites is 2. The predicted octanol–water partition coefficient (Wildman–Crippen LogP) is 3.39. The third kappa shape index (κ3) is 4.18. The second-order valence-corrected chi connectivity index (χ2v) is 6.21. The van der Waals surface area contributed by atoms with Crippen molar-refractivity contribution < 1.29 is 14.3 Å². The normalized spacial score (nSPS) is 13.2. The van der Waals surface area contributed by atoms with E-state index in [-0.39, 0.29) is 24.3 Å². The van der Waals surface area contributed by atoms with Gasteiger partial charge in [0.25, 0.3) is 0 Å². The van der Waals surface area contributed by atoms with Crippen molar-refractivity contribution in [2.75, 3.05) is 17.3 Å². The summed E-state index contributed by atoms with van der Waals surface area (Å²) in [5.74, 6) is 0.646. The second kappa shape index (κ2) is 7.38. The van der Waals surface area contributed by atoms with Crippen molar-refractivity contribution in [3.63, 3.8) is 0 Å². The van der Waals surface area contributed by atoms with E-state index in [0.29, 0.717) is 5.69 Å². The van der Waals surface area contributed by atoms with Crippen LogP contribution in [0.5, 0.6) is 5.75 Å². The molecule has 0 spiro atoms. The molecule has 0 unspecified atom stereocenters. The Morgan fingerprint density at radius 3 is 2.40 bits per heavy atom. The van der Waals surface area contributed by atoms with Crippen LogP contribution in [-0.4, -0.2) is 25.0 Å². The van der Waals surface area contributed by atoms with Gasteiger partial charge in [0.1, 0.15) is 5.75 Å². The van der Waals surface area contributed by atoms with Crippen molar-refractivity contribution in [2.45, 2.75) is 32.2 Å². The zero-order chi connectivity index (χ0) is 17.8. The molecule has 0 radical (unpaired) electrons. The highest BCUT2D eigenvalue weighted by Gasteiger charge is 2.33. The monoisotopic (exact) mass is 338 g/mol. The SMILES string of the molecule is COc1ccc(CC(=O)Nc2ccccc2N(C(C)=O)C2CC2)cc1. The molecule has 5 heteroatoms. The maximum absolute atomic E-state index is 12.4. The third-order valence-corrected chi connectivity index (χ3v) is 4.21. The number of hydrogen-bond acceptors (Lipinski definition) is 3. The van der Waals surface area contributed by atoms with Crippen LogP contribution in [0.1, 0.15) is 25.3 Å². The lowest BCUT2D eigenvalue weighted by Gasteiger charge is -2.23. The molecule has 25 heavy (non-hydrogen) atoms. The molecule has 5 nitrogen and oxygen atoms in total. The second-order valence-electron chi connectivity index (χ2n) is 6.21. The molecule has 1 N–H and O–H groups in total. The van der Waals surface area contributed by atoms with Crippen molar-refractivity contribution in [3.8, 4) is 5.75 Å². The molecular formula is C20H22N2O3. The Bertz CT molecular complexity index is 767. The molecule has 1 aliphatic rings. The van der Waals surface area contributed by atoms with Crippen LogP contribution in [0.25, 0.3) is 0 Å². The van der Waals surface area contributed by atoms with Gasteiger partial charge in [0, 0.05) is 13.0 Å². The largest absolute Gasteiger partial charge is 0.497 e. The van der Waals surface area contributed by atoms with Crippen LogP contribution in [0.3, 0.4) is 0 Å². The fourth-order valence-corrected chi connectivity index (χ4v) is 2.87. The molecule has 1 saturated carbocycles. The fourth-order valence-electron chi connectivity index (χ4n) is 2.87. The van der Waals surface area contributed by atoms with Gasteiger partial charge in [-0.1, -0.05) is 24.3 Å². The van der Waals surface area contributed by atoms with E-state index in [1.54, 1.807) is 18.9 Å². The van der Waals surface area contributed by atoms with Gasteiger partial charge in [-0.2, -0.15) is 0 Å². The Balaban J connectivity index is 1.73. The summed E-state index contributed by atoms with van der Waals surface area (Å²) in [6.45, 7) is 1.56. The van der Waals surface area contributed by atoms with Gasteiger partial charge in [-0.05, 0) is 42.7 Å². The summed E-state index contributed by atoms with van der Waals surface area (Å²) in [5, 5.41) is 2.94. The molecule has 0 aromatic heterocycles. The molecule has 1 aliphatic carbocycles. The van der Waals surface area contributed by atoms with E-state index in [1.165, 1.54) is 0 Å². The number of carbonyl (C=O) groups excluding carboxylic acids is 2. The minimum atomic E-state index is -0.114. The van der Waals surface area contributed by atoms with Crippen LogP contribution in [0, 0.1) is 0 Å². The molecule has 0 heterocycles. The Kier molecular flexibility index (Phi) is 5.03. The Labute approximate surface area is 147 Å². The molecule has 2 amide bonds. The first kappa shape index (κ1) is 17.0. The lowest BCUT2D eigenvalue weighted by Crippen LogP contribution is -2.31. The summed E-state index contributed by atoms with van der Waals surface area (Å²) in [7, 11) is 1.61. The molecule has 2 aromatic rings. The molecular weight excluding hydrogens is 316 g/mol. The lowest BCUT2D eigenvalue weighted by molar-refractivity contribution is -0.117. The molecule has 130 valence electrons. The van der Waals surface area contributed by atoms with E-state index in [0.717, 1.165) is 29.8 Å². The smallest absolute Gasteiger partial charge is 0.228 e. The van der Waals surface area contributed by atoms with Crippen LogP contribution in [0.4, 0.5) is 11.4 Å². The van der Waals surface area contributed by atoms with Gasteiger partial charge in [0.2, 0.25) is 11.8 Å². The molecule has 0 atom stereocenters. The standard InChI is InChI=1S/C20H22N2O3/c1-14(23)22(16-9-10-16)19-6-4-3-5-18(19)21-20(24)13-15-7-11-17(25-2)12-8-15/h3-8,11-12,16H,9-10,13H2,1-2H3,(H,21,24). The highest BCUT2D eigenvalue weighted by Crippen LogP contribution is 2.36. The van der Waals surface area contributed by atoms with Gasteiger partial charge >= 0.3 is 0 Å². The quantitative estimate of drug-likeness (QED) is 0.878. The molecule has 0 bridgehead atoms. The van der Waals surface area contributed by atoms with Crippen LogP contribution >= 0.6 is 0 Å². The number of ether oxygens (including phenoxy) is 1. The fraction of sp³-hybridized carbons (Fsp3) is 0.300. The average molecular weight is 338 g/mol. The summed E-state index contributed by atoms with van der Waals surface area (Å²) in [5.41, 5.74) is 2.34. The first-order valence-electron chi connectivity index (χ1n) is 8.40. The van der Waals surface area contributed by atoms with Gasteiger partial charge in [-0.3, -0.25) is 9.59 Å². The molecule has 1 fully saturated rings. The van der Waals surface area contributed by atoms with Crippen molar-refractivity contribution in [2.24, 2.45) is 0 Å². The van der Waals surface area contributed by atoms with E-state index >= 15 is 0 Å². The number of methoxy groups -OCH3 is 1. The number of amides is 2. The van der Waals surface area contributed by atoms with Gasteiger partial charge in [-0.25, -0.2) is 0 Å². The molecule has 0 aliphatic heterocycles. The first-order valence-corrected chi connectivity index (χ1v) is 8.40. The number of benzene rings is 2. The summed E-state index contributed by atoms with van der Waals surface area (Å²) < 4.78 is 5.12. The van der Waals surface area contributed by atoms with E-state index in [4.69, 9.17) is 4.74 Å². The van der Waals surface area contributed by atoms with Gasteiger partial charge in [0.05, 0.1) is 24.9 Å². The number of nitrogens with one attached hydrogen (secondary N) is 1. The number of nitrogens with zero attached hydrogens (tertiary/aromatic N) is 1. The third-order valence-electron chi connectivity index (χ3n) is 4.21. The van der Waals surface area contributed by atoms with E-state index < -0.39 is 0 Å². The Morgan fingerprint density at radius 2 is 1.80 bits per heavy atom. The molecule has 3 rings (SSSR count).